The number of anilines is 1. The van der Waals surface area contributed by atoms with Crippen LogP contribution in [-0.2, 0) is 11.3 Å². The van der Waals surface area contributed by atoms with Gasteiger partial charge in [-0.3, -0.25) is 14.5 Å². The smallest absolute Gasteiger partial charge is 0.253 e. The van der Waals surface area contributed by atoms with E-state index < -0.39 is 0 Å². The van der Waals surface area contributed by atoms with Crippen LogP contribution in [0, 0.1) is 12.8 Å². The predicted molar refractivity (Wildman–Crippen MR) is 132 cm³/mol. The molecule has 2 aromatic rings. The third-order valence-corrected chi connectivity index (χ3v) is 6.88. The van der Waals surface area contributed by atoms with Crippen LogP contribution in [0.3, 0.4) is 0 Å². The summed E-state index contributed by atoms with van der Waals surface area (Å²) in [5, 5.41) is 3.07. The standard InChI is InChI=1S/C27H36N4O2/c1-3-29-14-16-30(17-15-29)19-22-9-11-25(12-10-22)28-26(32)24-8-5-13-31(20-24)27(33)23-7-4-6-21(2)18-23/h4,6-7,9-12,18,24H,3,5,8,13-17,19-20H2,1-2H3,(H,28,32). The second kappa shape index (κ2) is 10.9. The molecule has 4 rings (SSSR count). The van der Waals surface area contributed by atoms with Crippen molar-refractivity contribution in [3.63, 3.8) is 0 Å². The van der Waals surface area contributed by atoms with Gasteiger partial charge in [0, 0.05) is 57.1 Å². The monoisotopic (exact) mass is 448 g/mol. The number of hydrogen-bond acceptors (Lipinski definition) is 4. The molecule has 0 spiro atoms. The zero-order chi connectivity index (χ0) is 23.2. The normalized spacial score (nSPS) is 19.9. The number of piperidine rings is 1. The fraction of sp³-hybridized carbons (Fsp3) is 0.481. The van der Waals surface area contributed by atoms with E-state index in [1.807, 2.05) is 48.2 Å². The second-order valence-electron chi connectivity index (χ2n) is 9.36. The van der Waals surface area contributed by atoms with Crippen molar-refractivity contribution in [2.24, 2.45) is 5.92 Å². The minimum Gasteiger partial charge on any atom is -0.338 e. The molecule has 6 heteroatoms. The number of aryl methyl sites for hydroxylation is 1. The molecule has 2 heterocycles. The van der Waals surface area contributed by atoms with Gasteiger partial charge in [0.05, 0.1) is 5.92 Å². The molecule has 6 nitrogen and oxygen atoms in total. The van der Waals surface area contributed by atoms with Gasteiger partial charge in [0.1, 0.15) is 0 Å². The highest BCUT2D eigenvalue weighted by molar-refractivity contribution is 5.96. The summed E-state index contributed by atoms with van der Waals surface area (Å²) in [6.07, 6.45) is 1.66. The van der Waals surface area contributed by atoms with Crippen molar-refractivity contribution < 1.29 is 9.59 Å². The number of benzene rings is 2. The van der Waals surface area contributed by atoms with Crippen LogP contribution in [0.2, 0.25) is 0 Å². The Balaban J connectivity index is 1.29. The van der Waals surface area contributed by atoms with Gasteiger partial charge in [0.25, 0.3) is 5.91 Å². The van der Waals surface area contributed by atoms with Crippen LogP contribution in [0.1, 0.15) is 41.3 Å². The number of carbonyl (C=O) groups is 2. The zero-order valence-electron chi connectivity index (χ0n) is 19.9. The first kappa shape index (κ1) is 23.5. The summed E-state index contributed by atoms with van der Waals surface area (Å²) in [5.41, 5.74) is 3.86. The van der Waals surface area contributed by atoms with Gasteiger partial charge in [-0.25, -0.2) is 0 Å². The number of nitrogens with one attached hydrogen (secondary N) is 1. The van der Waals surface area contributed by atoms with Crippen LogP contribution in [0.5, 0.6) is 0 Å². The molecule has 2 aliphatic heterocycles. The van der Waals surface area contributed by atoms with Crippen LogP contribution in [-0.4, -0.2) is 72.3 Å². The molecule has 176 valence electrons. The predicted octanol–water partition coefficient (Wildman–Crippen LogP) is 3.62. The Bertz CT molecular complexity index is 951. The van der Waals surface area contributed by atoms with Crippen LogP contribution in [0.15, 0.2) is 48.5 Å². The van der Waals surface area contributed by atoms with Gasteiger partial charge in [-0.05, 0) is 56.1 Å². The van der Waals surface area contributed by atoms with Crippen LogP contribution < -0.4 is 5.32 Å². The maximum absolute atomic E-state index is 12.9. The topological polar surface area (TPSA) is 55.9 Å². The van der Waals surface area contributed by atoms with Gasteiger partial charge in [-0.2, -0.15) is 0 Å². The molecule has 0 bridgehead atoms. The Morgan fingerprint density at radius 2 is 1.70 bits per heavy atom. The van der Waals surface area contributed by atoms with Crippen LogP contribution >= 0.6 is 0 Å². The molecule has 33 heavy (non-hydrogen) atoms. The second-order valence-corrected chi connectivity index (χ2v) is 9.36. The largest absolute Gasteiger partial charge is 0.338 e. The van der Waals surface area contributed by atoms with E-state index in [0.29, 0.717) is 18.7 Å². The van der Waals surface area contributed by atoms with Gasteiger partial charge in [-0.1, -0.05) is 36.8 Å². The molecule has 0 radical (unpaired) electrons. The average molecular weight is 449 g/mol. The van der Waals surface area contributed by atoms with E-state index in [1.165, 1.54) is 5.56 Å². The van der Waals surface area contributed by atoms with Crippen molar-refractivity contribution in [1.82, 2.24) is 14.7 Å². The van der Waals surface area contributed by atoms with Gasteiger partial charge in [0.15, 0.2) is 0 Å². The first-order valence-corrected chi connectivity index (χ1v) is 12.2. The molecule has 2 aromatic carbocycles. The van der Waals surface area contributed by atoms with E-state index >= 15 is 0 Å². The molecule has 1 unspecified atom stereocenters. The average Bonchev–Trinajstić information content (AvgIpc) is 2.85. The van der Waals surface area contributed by atoms with Gasteiger partial charge in [-0.15, -0.1) is 0 Å². The fourth-order valence-corrected chi connectivity index (χ4v) is 4.80. The quantitative estimate of drug-likeness (QED) is 0.733. The molecule has 2 saturated heterocycles. The van der Waals surface area contributed by atoms with E-state index in [1.54, 1.807) is 0 Å². The number of piperazine rings is 1. The van der Waals surface area contributed by atoms with Gasteiger partial charge in [0.2, 0.25) is 5.91 Å². The van der Waals surface area contributed by atoms with E-state index in [0.717, 1.165) is 63.4 Å². The maximum atomic E-state index is 12.9. The lowest BCUT2D eigenvalue weighted by Gasteiger charge is -2.34. The summed E-state index contributed by atoms with van der Waals surface area (Å²) >= 11 is 0. The number of rotatable bonds is 6. The van der Waals surface area contributed by atoms with Gasteiger partial charge >= 0.3 is 0 Å². The first-order chi connectivity index (χ1) is 16.0. The summed E-state index contributed by atoms with van der Waals surface area (Å²) in [5.74, 6) is -0.164. The number of carbonyl (C=O) groups excluding carboxylic acids is 2. The molecule has 2 aliphatic rings. The number of amides is 2. The van der Waals surface area contributed by atoms with Crippen molar-refractivity contribution in [2.75, 3.05) is 51.1 Å². The van der Waals surface area contributed by atoms with E-state index in [4.69, 9.17) is 0 Å². The molecule has 2 amide bonds. The van der Waals surface area contributed by atoms with Crippen molar-refractivity contribution in [1.29, 1.82) is 0 Å². The molecule has 1 N–H and O–H groups in total. The third kappa shape index (κ3) is 6.21. The highest BCUT2D eigenvalue weighted by atomic mass is 16.2. The SMILES string of the molecule is CCN1CCN(Cc2ccc(NC(=O)C3CCCN(C(=O)c4cccc(C)c4)C3)cc2)CC1. The van der Waals surface area contributed by atoms with E-state index in [9.17, 15) is 9.59 Å². The van der Waals surface area contributed by atoms with Crippen molar-refractivity contribution in [2.45, 2.75) is 33.2 Å². The van der Waals surface area contributed by atoms with E-state index in [-0.39, 0.29) is 17.7 Å². The molecule has 0 aliphatic carbocycles. The van der Waals surface area contributed by atoms with Crippen molar-refractivity contribution >= 4 is 17.5 Å². The fourth-order valence-electron chi connectivity index (χ4n) is 4.80. The van der Waals surface area contributed by atoms with Gasteiger partial charge < -0.3 is 15.1 Å². The summed E-state index contributed by atoms with van der Waals surface area (Å²) in [6.45, 7) is 11.9. The number of likely N-dealkylation sites (N-methyl/N-ethyl adjacent to an activating group) is 1. The van der Waals surface area contributed by atoms with Crippen molar-refractivity contribution in [3.05, 3.63) is 65.2 Å². The molecule has 1 atom stereocenters. The molecule has 0 aromatic heterocycles. The molecular weight excluding hydrogens is 412 g/mol. The minimum absolute atomic E-state index is 0.000166. The van der Waals surface area contributed by atoms with E-state index in [2.05, 4.69) is 34.2 Å². The number of likely N-dealkylation sites (tertiary alicyclic amines) is 1. The molecule has 0 saturated carbocycles. The highest BCUT2D eigenvalue weighted by Crippen LogP contribution is 2.21. The lowest BCUT2D eigenvalue weighted by Crippen LogP contribution is -2.45. The highest BCUT2D eigenvalue weighted by Gasteiger charge is 2.29. The first-order valence-electron chi connectivity index (χ1n) is 12.2. The number of hydrogen-bond donors (Lipinski definition) is 1. The lowest BCUT2D eigenvalue weighted by molar-refractivity contribution is -0.121. The lowest BCUT2D eigenvalue weighted by atomic mass is 9.96. The van der Waals surface area contributed by atoms with Crippen LogP contribution in [0.4, 0.5) is 5.69 Å². The maximum Gasteiger partial charge on any atom is 0.253 e. The minimum atomic E-state index is -0.179. The number of nitrogens with zero attached hydrogens (tertiary/aromatic N) is 3. The summed E-state index contributed by atoms with van der Waals surface area (Å²) in [6, 6.07) is 15.9. The van der Waals surface area contributed by atoms with Crippen LogP contribution in [0.25, 0.3) is 0 Å². The third-order valence-electron chi connectivity index (χ3n) is 6.88. The molecule has 2 fully saturated rings. The Hall–Kier alpha value is -2.70. The molecular formula is C27H36N4O2. The van der Waals surface area contributed by atoms with Crippen molar-refractivity contribution in [3.8, 4) is 0 Å². The Kier molecular flexibility index (Phi) is 7.78. The Morgan fingerprint density at radius 1 is 0.970 bits per heavy atom. The zero-order valence-corrected chi connectivity index (χ0v) is 19.9. The Morgan fingerprint density at radius 3 is 2.39 bits per heavy atom. The summed E-state index contributed by atoms with van der Waals surface area (Å²) < 4.78 is 0. The summed E-state index contributed by atoms with van der Waals surface area (Å²) in [7, 11) is 0. The Labute approximate surface area is 197 Å². The summed E-state index contributed by atoms with van der Waals surface area (Å²) in [4.78, 5) is 32.6.